The van der Waals surface area contributed by atoms with E-state index in [4.69, 9.17) is 10.5 Å². The fourth-order valence-corrected chi connectivity index (χ4v) is 7.85. The molecular formula is C26H33N3O3S3. The molecule has 2 heterocycles. The average molecular weight is 532 g/mol. The highest BCUT2D eigenvalue weighted by atomic mass is 32.2. The lowest BCUT2D eigenvalue weighted by Crippen LogP contribution is -2.30. The molecule has 1 aliphatic heterocycles. The Balaban J connectivity index is 0.000000171. The smallest absolute Gasteiger partial charge is 0.244 e. The number of anilines is 1. The summed E-state index contributed by atoms with van der Waals surface area (Å²) in [5.41, 5.74) is 9.01. The second-order valence-electron chi connectivity index (χ2n) is 8.93. The van der Waals surface area contributed by atoms with Gasteiger partial charge in [0.1, 0.15) is 10.6 Å². The molecule has 3 aromatic rings. The van der Waals surface area contributed by atoms with Crippen LogP contribution in [0.25, 0.3) is 11.3 Å². The van der Waals surface area contributed by atoms with Gasteiger partial charge in [-0.05, 0) is 55.9 Å². The molecule has 1 saturated carbocycles. The van der Waals surface area contributed by atoms with Crippen molar-refractivity contribution in [2.45, 2.75) is 55.2 Å². The summed E-state index contributed by atoms with van der Waals surface area (Å²) in [5.74, 6) is 1.98. The molecule has 0 saturated heterocycles. The van der Waals surface area contributed by atoms with E-state index in [1.54, 1.807) is 23.5 Å². The lowest BCUT2D eigenvalue weighted by Gasteiger charge is -2.22. The minimum atomic E-state index is -3.50. The first-order chi connectivity index (χ1) is 16.9. The highest BCUT2D eigenvalue weighted by Crippen LogP contribution is 2.39. The largest absolute Gasteiger partial charge is 0.495 e. The maximum atomic E-state index is 12.4. The number of rotatable bonds is 5. The van der Waals surface area contributed by atoms with Gasteiger partial charge in [0.15, 0.2) is 5.13 Å². The summed E-state index contributed by atoms with van der Waals surface area (Å²) in [4.78, 5) is 7.31. The van der Waals surface area contributed by atoms with Crippen LogP contribution in [0.1, 0.15) is 42.5 Å². The molecular weight excluding hydrogens is 499 g/mol. The molecule has 35 heavy (non-hydrogen) atoms. The van der Waals surface area contributed by atoms with Crippen LogP contribution in [0.4, 0.5) is 5.13 Å². The van der Waals surface area contributed by atoms with Crippen molar-refractivity contribution in [2.24, 2.45) is 5.92 Å². The van der Waals surface area contributed by atoms with Crippen molar-refractivity contribution in [2.75, 3.05) is 25.1 Å². The molecule has 0 unspecified atom stereocenters. The van der Waals surface area contributed by atoms with Gasteiger partial charge in [0.05, 0.1) is 12.8 Å². The van der Waals surface area contributed by atoms with E-state index in [1.807, 2.05) is 24.8 Å². The van der Waals surface area contributed by atoms with E-state index in [-0.39, 0.29) is 4.90 Å². The minimum absolute atomic E-state index is 0.232. The number of aryl methyl sites for hydroxylation is 2. The molecule has 0 bridgehead atoms. The molecule has 9 heteroatoms. The van der Waals surface area contributed by atoms with Gasteiger partial charge in [-0.3, -0.25) is 0 Å². The molecule has 0 amide bonds. The fourth-order valence-electron chi connectivity index (χ4n) is 4.48. The van der Waals surface area contributed by atoms with Crippen molar-refractivity contribution < 1.29 is 13.2 Å². The van der Waals surface area contributed by atoms with Gasteiger partial charge in [0, 0.05) is 27.6 Å². The third-order valence-electron chi connectivity index (χ3n) is 6.34. The van der Waals surface area contributed by atoms with Crippen LogP contribution >= 0.6 is 23.1 Å². The van der Waals surface area contributed by atoms with E-state index >= 15 is 0 Å². The van der Waals surface area contributed by atoms with Gasteiger partial charge in [-0.15, -0.1) is 23.1 Å². The number of aromatic nitrogens is 1. The number of hydrogen-bond donors (Lipinski definition) is 2. The number of methoxy groups -OCH3 is 1. The van der Waals surface area contributed by atoms with E-state index in [0.29, 0.717) is 23.3 Å². The third-order valence-corrected chi connectivity index (χ3v) is 9.80. The number of fused-ring (bicyclic) bond motifs is 3. The molecule has 5 rings (SSSR count). The number of ether oxygens (including phenoxy) is 1. The van der Waals surface area contributed by atoms with Crippen LogP contribution in [0.2, 0.25) is 0 Å². The number of hydrogen-bond acceptors (Lipinski definition) is 7. The Morgan fingerprint density at radius 3 is 2.69 bits per heavy atom. The number of thioether (sulfide) groups is 1. The summed E-state index contributed by atoms with van der Waals surface area (Å²) in [7, 11) is -2.01. The number of nitrogen functional groups attached to an aromatic ring is 1. The molecule has 2 aromatic carbocycles. The zero-order chi connectivity index (χ0) is 24.8. The van der Waals surface area contributed by atoms with Crippen molar-refractivity contribution >= 4 is 38.3 Å². The Bertz CT molecular complexity index is 1250. The summed E-state index contributed by atoms with van der Waals surface area (Å²) >= 11 is 3.52. The number of thiazole rings is 1. The zero-order valence-corrected chi connectivity index (χ0v) is 22.7. The molecule has 6 nitrogen and oxygen atoms in total. The monoisotopic (exact) mass is 531 g/mol. The van der Waals surface area contributed by atoms with Crippen LogP contribution in [-0.4, -0.2) is 32.8 Å². The maximum absolute atomic E-state index is 12.4. The molecule has 3 N–H and O–H groups in total. The van der Waals surface area contributed by atoms with Gasteiger partial charge in [-0.1, -0.05) is 43.5 Å². The Labute approximate surface area is 216 Å². The topological polar surface area (TPSA) is 94.3 Å². The van der Waals surface area contributed by atoms with Crippen molar-refractivity contribution in [1.29, 1.82) is 0 Å². The van der Waals surface area contributed by atoms with Crippen molar-refractivity contribution in [3.05, 3.63) is 52.9 Å². The van der Waals surface area contributed by atoms with Crippen LogP contribution in [0.15, 0.2) is 52.3 Å². The maximum Gasteiger partial charge on any atom is 0.244 e. The molecule has 2 aliphatic rings. The fraction of sp³-hybridized carbons (Fsp3) is 0.423. The van der Waals surface area contributed by atoms with Crippen LogP contribution in [0, 0.1) is 12.8 Å². The normalized spacial score (nSPS) is 15.8. The van der Waals surface area contributed by atoms with Crippen molar-refractivity contribution in [3.8, 4) is 17.0 Å². The third kappa shape index (κ3) is 6.58. The van der Waals surface area contributed by atoms with Crippen LogP contribution in [-0.2, 0) is 16.4 Å². The van der Waals surface area contributed by atoms with Crippen LogP contribution in [0.5, 0.6) is 5.75 Å². The second kappa shape index (κ2) is 11.8. The highest BCUT2D eigenvalue weighted by Gasteiger charge is 2.22. The molecule has 1 fully saturated rings. The Morgan fingerprint density at radius 2 is 1.91 bits per heavy atom. The Morgan fingerprint density at radius 1 is 1.14 bits per heavy atom. The summed E-state index contributed by atoms with van der Waals surface area (Å²) in [6.45, 7) is 2.40. The number of benzene rings is 2. The first-order valence-electron chi connectivity index (χ1n) is 12.0. The number of nitrogens with one attached hydrogen (secondary N) is 1. The second-order valence-corrected chi connectivity index (χ2v) is 12.9. The standard InChI is InChI=1S/C15H23NO3S.C11H10N2S2/c1-12-8-9-14(19-2)15(10-12)20(17,18)16-11-13-6-4-3-5-7-13;12-11-13-10-7-3-1-2-4-8(7)14-6-5-9(10)15-11/h8-10,13,16H,3-7,11H2,1-2H3;1-4H,5-6H2,(H2,12,13). The zero-order valence-electron chi connectivity index (χ0n) is 20.2. The van der Waals surface area contributed by atoms with E-state index < -0.39 is 10.0 Å². The van der Waals surface area contributed by atoms with E-state index in [0.717, 1.165) is 36.3 Å². The minimum Gasteiger partial charge on any atom is -0.495 e. The van der Waals surface area contributed by atoms with Gasteiger partial charge < -0.3 is 10.5 Å². The summed E-state index contributed by atoms with van der Waals surface area (Å²) < 4.78 is 32.7. The Kier molecular flexibility index (Phi) is 8.75. The van der Waals surface area contributed by atoms with Crippen molar-refractivity contribution in [3.63, 3.8) is 0 Å². The molecule has 0 spiro atoms. The molecule has 0 radical (unpaired) electrons. The quantitative estimate of drug-likeness (QED) is 0.426. The average Bonchev–Trinajstić information content (AvgIpc) is 3.15. The highest BCUT2D eigenvalue weighted by molar-refractivity contribution is 7.99. The molecule has 0 atom stereocenters. The van der Waals surface area contributed by atoms with Gasteiger partial charge in [0.2, 0.25) is 10.0 Å². The number of sulfonamides is 1. The predicted molar refractivity (Wildman–Crippen MR) is 146 cm³/mol. The van der Waals surface area contributed by atoms with Crippen LogP contribution in [0.3, 0.4) is 0 Å². The molecule has 188 valence electrons. The van der Waals surface area contributed by atoms with Gasteiger partial charge in [-0.25, -0.2) is 18.1 Å². The first-order valence-corrected chi connectivity index (χ1v) is 15.3. The summed E-state index contributed by atoms with van der Waals surface area (Å²) in [5, 5.41) is 0.682. The number of nitrogens with two attached hydrogens (primary N) is 1. The lowest BCUT2D eigenvalue weighted by molar-refractivity contribution is 0.356. The summed E-state index contributed by atoms with van der Waals surface area (Å²) in [6, 6.07) is 13.6. The SMILES string of the molecule is COc1ccc(C)cc1S(=O)(=O)NCC1CCCCC1.Nc1nc2c(s1)CCSc1ccccc1-2. The molecule has 1 aliphatic carbocycles. The molecule has 1 aromatic heterocycles. The van der Waals surface area contributed by atoms with Gasteiger partial charge >= 0.3 is 0 Å². The first kappa shape index (κ1) is 26.0. The number of nitrogens with zero attached hydrogens (tertiary/aromatic N) is 1. The van der Waals surface area contributed by atoms with Gasteiger partial charge in [-0.2, -0.15) is 0 Å². The van der Waals surface area contributed by atoms with Crippen LogP contribution < -0.4 is 15.2 Å². The van der Waals surface area contributed by atoms with Crippen molar-refractivity contribution in [1.82, 2.24) is 9.71 Å². The van der Waals surface area contributed by atoms with E-state index in [9.17, 15) is 8.42 Å². The lowest BCUT2D eigenvalue weighted by atomic mass is 9.90. The predicted octanol–water partition coefficient (Wildman–Crippen LogP) is 5.90. The van der Waals surface area contributed by atoms with Gasteiger partial charge in [0.25, 0.3) is 0 Å². The summed E-state index contributed by atoms with van der Waals surface area (Å²) in [6.07, 6.45) is 7.00. The van der Waals surface area contributed by atoms with E-state index in [2.05, 4.69) is 34.0 Å². The Hall–Kier alpha value is -2.07. The van der Waals surface area contributed by atoms with E-state index in [1.165, 1.54) is 41.7 Å².